The summed E-state index contributed by atoms with van der Waals surface area (Å²) in [7, 11) is 1.86. The van der Waals surface area contributed by atoms with E-state index in [0.29, 0.717) is 18.7 Å². The predicted octanol–water partition coefficient (Wildman–Crippen LogP) is 2.94. The second-order valence-corrected chi connectivity index (χ2v) is 4.95. The van der Waals surface area contributed by atoms with Gasteiger partial charge >= 0.3 is 0 Å². The summed E-state index contributed by atoms with van der Waals surface area (Å²) in [5.74, 6) is -0.218. The molecule has 0 aliphatic heterocycles. The topological polar surface area (TPSA) is 42.4 Å². The monoisotopic (exact) mass is 262 g/mol. The van der Waals surface area contributed by atoms with E-state index in [1.807, 2.05) is 31.0 Å². The fourth-order valence-corrected chi connectivity index (χ4v) is 2.10. The third-order valence-corrected chi connectivity index (χ3v) is 2.98. The average molecular weight is 262 g/mol. The van der Waals surface area contributed by atoms with Crippen molar-refractivity contribution in [3.8, 4) is 0 Å². The van der Waals surface area contributed by atoms with Gasteiger partial charge in [0, 0.05) is 25.2 Å². The van der Waals surface area contributed by atoms with Crippen LogP contribution in [0.2, 0.25) is 0 Å². The van der Waals surface area contributed by atoms with Crippen LogP contribution in [0.15, 0.2) is 41.2 Å². The zero-order chi connectivity index (χ0) is 13.8. The Morgan fingerprint density at radius 1 is 1.32 bits per heavy atom. The molecule has 0 fully saturated rings. The van der Waals surface area contributed by atoms with E-state index in [4.69, 9.17) is 10.2 Å². The van der Waals surface area contributed by atoms with E-state index >= 15 is 0 Å². The quantitative estimate of drug-likeness (QED) is 0.900. The van der Waals surface area contributed by atoms with Gasteiger partial charge in [-0.1, -0.05) is 6.07 Å². The number of rotatable bonds is 5. The lowest BCUT2D eigenvalue weighted by Gasteiger charge is -2.19. The summed E-state index contributed by atoms with van der Waals surface area (Å²) in [6.45, 7) is 2.52. The normalized spacial score (nSPS) is 12.4. The Balaban J connectivity index is 2.11. The molecule has 0 aliphatic carbocycles. The van der Waals surface area contributed by atoms with Crippen molar-refractivity contribution in [3.05, 3.63) is 53.7 Å². The standard InChI is InChI=1S/C15H19FN2O/c1-11(17)7-12-3-4-15(14(16)8-12)18(2)9-13-5-6-19-10-13/h3-6,8,10-11H,7,9,17H2,1-2H3. The van der Waals surface area contributed by atoms with E-state index in [-0.39, 0.29) is 11.9 Å². The molecular weight excluding hydrogens is 243 g/mol. The summed E-state index contributed by atoms with van der Waals surface area (Å²) in [5.41, 5.74) is 8.24. The molecule has 2 rings (SSSR count). The molecule has 0 saturated carbocycles. The number of benzene rings is 1. The summed E-state index contributed by atoms with van der Waals surface area (Å²) < 4.78 is 19.1. The van der Waals surface area contributed by atoms with E-state index in [9.17, 15) is 4.39 Å². The Morgan fingerprint density at radius 3 is 2.68 bits per heavy atom. The lowest BCUT2D eigenvalue weighted by Crippen LogP contribution is -2.19. The van der Waals surface area contributed by atoms with Gasteiger partial charge in [0.2, 0.25) is 0 Å². The van der Waals surface area contributed by atoms with Gasteiger partial charge in [0.1, 0.15) is 5.82 Å². The van der Waals surface area contributed by atoms with Crippen LogP contribution in [-0.2, 0) is 13.0 Å². The molecule has 1 unspecified atom stereocenters. The largest absolute Gasteiger partial charge is 0.472 e. The smallest absolute Gasteiger partial charge is 0.146 e. The van der Waals surface area contributed by atoms with Gasteiger partial charge in [-0.25, -0.2) is 4.39 Å². The summed E-state index contributed by atoms with van der Waals surface area (Å²) in [6, 6.07) is 7.19. The Hall–Kier alpha value is -1.81. The fraction of sp³-hybridized carbons (Fsp3) is 0.333. The molecule has 0 radical (unpaired) electrons. The molecule has 0 saturated heterocycles. The summed E-state index contributed by atoms with van der Waals surface area (Å²) in [4.78, 5) is 1.86. The molecule has 1 aromatic heterocycles. The highest BCUT2D eigenvalue weighted by Crippen LogP contribution is 2.21. The van der Waals surface area contributed by atoms with Gasteiger partial charge in [-0.15, -0.1) is 0 Å². The molecule has 0 bridgehead atoms. The minimum Gasteiger partial charge on any atom is -0.472 e. The van der Waals surface area contributed by atoms with Crippen molar-refractivity contribution >= 4 is 5.69 Å². The van der Waals surface area contributed by atoms with Crippen molar-refractivity contribution in [2.24, 2.45) is 5.73 Å². The number of nitrogens with two attached hydrogens (primary N) is 1. The number of halogens is 1. The third-order valence-electron chi connectivity index (χ3n) is 2.98. The van der Waals surface area contributed by atoms with Gasteiger partial charge in [0.15, 0.2) is 0 Å². The van der Waals surface area contributed by atoms with Crippen LogP contribution in [0, 0.1) is 5.82 Å². The molecule has 2 aromatic rings. The molecule has 3 nitrogen and oxygen atoms in total. The Bertz CT molecular complexity index is 523. The van der Waals surface area contributed by atoms with Crippen LogP contribution in [0.4, 0.5) is 10.1 Å². The maximum absolute atomic E-state index is 14.1. The van der Waals surface area contributed by atoms with Crippen LogP contribution in [0.5, 0.6) is 0 Å². The lowest BCUT2D eigenvalue weighted by molar-refractivity contribution is 0.563. The highest BCUT2D eigenvalue weighted by molar-refractivity contribution is 5.49. The van der Waals surface area contributed by atoms with Crippen molar-refractivity contribution in [1.82, 2.24) is 0 Å². The lowest BCUT2D eigenvalue weighted by atomic mass is 10.1. The van der Waals surface area contributed by atoms with Gasteiger partial charge in [-0.3, -0.25) is 0 Å². The van der Waals surface area contributed by atoms with Crippen molar-refractivity contribution in [3.63, 3.8) is 0 Å². The van der Waals surface area contributed by atoms with Gasteiger partial charge in [0.05, 0.1) is 18.2 Å². The van der Waals surface area contributed by atoms with Crippen LogP contribution in [0.1, 0.15) is 18.1 Å². The first kappa shape index (κ1) is 13.6. The Kier molecular flexibility index (Phi) is 4.22. The van der Waals surface area contributed by atoms with E-state index in [1.165, 1.54) is 0 Å². The zero-order valence-corrected chi connectivity index (χ0v) is 11.3. The zero-order valence-electron chi connectivity index (χ0n) is 11.3. The van der Waals surface area contributed by atoms with Crippen LogP contribution in [-0.4, -0.2) is 13.1 Å². The first-order valence-corrected chi connectivity index (χ1v) is 6.32. The first-order valence-electron chi connectivity index (χ1n) is 6.32. The van der Waals surface area contributed by atoms with Gasteiger partial charge in [-0.05, 0) is 37.1 Å². The molecule has 1 heterocycles. The molecule has 0 spiro atoms. The molecular formula is C15H19FN2O. The molecule has 2 N–H and O–H groups in total. The minimum atomic E-state index is -0.218. The molecule has 0 aliphatic rings. The molecule has 0 amide bonds. The van der Waals surface area contributed by atoms with Crippen molar-refractivity contribution < 1.29 is 8.81 Å². The number of furan rings is 1. The summed E-state index contributed by atoms with van der Waals surface area (Å²) >= 11 is 0. The van der Waals surface area contributed by atoms with Crippen LogP contribution >= 0.6 is 0 Å². The molecule has 1 aromatic carbocycles. The molecule has 19 heavy (non-hydrogen) atoms. The van der Waals surface area contributed by atoms with Crippen molar-refractivity contribution in [1.29, 1.82) is 0 Å². The number of hydrogen-bond acceptors (Lipinski definition) is 3. The molecule has 1 atom stereocenters. The average Bonchev–Trinajstić information content (AvgIpc) is 2.80. The second-order valence-electron chi connectivity index (χ2n) is 4.95. The number of hydrogen-bond donors (Lipinski definition) is 1. The van der Waals surface area contributed by atoms with Crippen molar-refractivity contribution in [2.75, 3.05) is 11.9 Å². The van der Waals surface area contributed by atoms with Crippen LogP contribution < -0.4 is 10.6 Å². The number of anilines is 1. The fourth-order valence-electron chi connectivity index (χ4n) is 2.10. The van der Waals surface area contributed by atoms with Crippen LogP contribution in [0.3, 0.4) is 0 Å². The second kappa shape index (κ2) is 5.89. The highest BCUT2D eigenvalue weighted by Gasteiger charge is 2.10. The summed E-state index contributed by atoms with van der Waals surface area (Å²) in [6.07, 6.45) is 3.97. The Labute approximate surface area is 112 Å². The minimum absolute atomic E-state index is 0.0360. The van der Waals surface area contributed by atoms with Crippen molar-refractivity contribution in [2.45, 2.75) is 25.9 Å². The van der Waals surface area contributed by atoms with E-state index in [2.05, 4.69) is 0 Å². The van der Waals surface area contributed by atoms with Crippen LogP contribution in [0.25, 0.3) is 0 Å². The Morgan fingerprint density at radius 2 is 2.11 bits per heavy atom. The predicted molar refractivity (Wildman–Crippen MR) is 74.6 cm³/mol. The van der Waals surface area contributed by atoms with E-state index in [1.54, 1.807) is 24.7 Å². The first-order chi connectivity index (χ1) is 9.06. The SMILES string of the molecule is CC(N)Cc1ccc(N(C)Cc2ccoc2)c(F)c1. The third kappa shape index (κ3) is 3.58. The molecule has 102 valence electrons. The van der Waals surface area contributed by atoms with E-state index in [0.717, 1.165) is 11.1 Å². The highest BCUT2D eigenvalue weighted by atomic mass is 19.1. The maximum Gasteiger partial charge on any atom is 0.146 e. The maximum atomic E-state index is 14.1. The van der Waals surface area contributed by atoms with E-state index < -0.39 is 0 Å². The van der Waals surface area contributed by atoms with Gasteiger partial charge in [0.25, 0.3) is 0 Å². The van der Waals surface area contributed by atoms with Gasteiger partial charge in [-0.2, -0.15) is 0 Å². The summed E-state index contributed by atoms with van der Waals surface area (Å²) in [5, 5.41) is 0. The van der Waals surface area contributed by atoms with Gasteiger partial charge < -0.3 is 15.1 Å². The number of nitrogens with zero attached hydrogens (tertiary/aromatic N) is 1. The molecule has 4 heteroatoms.